The highest BCUT2D eigenvalue weighted by molar-refractivity contribution is 7.99. The molecule has 3 aromatic rings. The van der Waals surface area contributed by atoms with Crippen molar-refractivity contribution in [3.63, 3.8) is 0 Å². The molecule has 4 N–H and O–H groups in total. The van der Waals surface area contributed by atoms with Crippen LogP contribution in [-0.2, 0) is 14.8 Å². The Balaban J connectivity index is 1.79. The van der Waals surface area contributed by atoms with E-state index in [4.69, 9.17) is 5.14 Å². The topological polar surface area (TPSA) is 159 Å². The number of sulfonamides is 1. The molecule has 1 amide bonds. The standard InChI is InChI=1S/C20H17N5O4S2/c1-12-7-8-14(31(22,28)29)9-16(12)23-17(26)11-30-20-24-18(13-5-3-2-4-6-13)15(10-21)19(27)25-20/h2-9H,11H2,1H3,(H,23,26)(H2,22,28,29)(H,24,25,27). The maximum atomic E-state index is 12.4. The first-order chi connectivity index (χ1) is 14.7. The van der Waals surface area contributed by atoms with E-state index in [1.54, 1.807) is 37.3 Å². The van der Waals surface area contributed by atoms with Crippen LogP contribution in [-0.4, -0.2) is 30.0 Å². The van der Waals surface area contributed by atoms with Gasteiger partial charge in [-0.05, 0) is 24.6 Å². The SMILES string of the molecule is Cc1ccc(S(N)(=O)=O)cc1NC(=O)CSc1nc(-c2ccccc2)c(C#N)c(=O)[nH]1. The van der Waals surface area contributed by atoms with Crippen molar-refractivity contribution in [2.75, 3.05) is 11.1 Å². The number of aromatic nitrogens is 2. The minimum atomic E-state index is -3.91. The number of carbonyl (C=O) groups is 1. The van der Waals surface area contributed by atoms with Crippen LogP contribution >= 0.6 is 11.8 Å². The second kappa shape index (κ2) is 9.13. The monoisotopic (exact) mass is 455 g/mol. The van der Waals surface area contributed by atoms with Gasteiger partial charge in [-0.2, -0.15) is 5.26 Å². The Hall–Kier alpha value is -3.46. The summed E-state index contributed by atoms with van der Waals surface area (Å²) >= 11 is 0.975. The second-order valence-corrected chi connectivity index (χ2v) is 8.96. The smallest absolute Gasteiger partial charge is 0.270 e. The normalized spacial score (nSPS) is 11.0. The lowest BCUT2D eigenvalue weighted by atomic mass is 10.1. The molecule has 9 nitrogen and oxygen atoms in total. The molecule has 0 atom stereocenters. The molecule has 0 aliphatic rings. The number of thioether (sulfide) groups is 1. The third-order valence-electron chi connectivity index (χ3n) is 4.21. The highest BCUT2D eigenvalue weighted by atomic mass is 32.2. The summed E-state index contributed by atoms with van der Waals surface area (Å²) in [6.45, 7) is 1.71. The highest BCUT2D eigenvalue weighted by Gasteiger charge is 2.15. The summed E-state index contributed by atoms with van der Waals surface area (Å²) in [5.41, 5.74) is 1.08. The second-order valence-electron chi connectivity index (χ2n) is 6.43. The van der Waals surface area contributed by atoms with Crippen LogP contribution in [0.2, 0.25) is 0 Å². The number of nitrogens with two attached hydrogens (primary N) is 1. The average Bonchev–Trinajstić information content (AvgIpc) is 2.73. The molecule has 0 fully saturated rings. The van der Waals surface area contributed by atoms with Crippen LogP contribution < -0.4 is 16.0 Å². The van der Waals surface area contributed by atoms with Crippen molar-refractivity contribution in [1.29, 1.82) is 5.26 Å². The van der Waals surface area contributed by atoms with Crippen molar-refractivity contribution < 1.29 is 13.2 Å². The molecule has 11 heteroatoms. The zero-order valence-corrected chi connectivity index (χ0v) is 17.9. The zero-order valence-electron chi connectivity index (χ0n) is 16.2. The minimum Gasteiger partial charge on any atom is -0.325 e. The molecule has 0 saturated heterocycles. The summed E-state index contributed by atoms with van der Waals surface area (Å²) in [5, 5.41) is 17.2. The first kappa shape index (κ1) is 22.2. The van der Waals surface area contributed by atoms with Crippen molar-refractivity contribution in [2.45, 2.75) is 17.0 Å². The van der Waals surface area contributed by atoms with Crippen LogP contribution in [0, 0.1) is 18.3 Å². The number of nitrogens with zero attached hydrogens (tertiary/aromatic N) is 2. The van der Waals surface area contributed by atoms with Gasteiger partial charge in [-0.3, -0.25) is 9.59 Å². The summed E-state index contributed by atoms with van der Waals surface area (Å²) < 4.78 is 23.0. The minimum absolute atomic E-state index is 0.109. The summed E-state index contributed by atoms with van der Waals surface area (Å²) in [6.07, 6.45) is 0. The molecular weight excluding hydrogens is 438 g/mol. The lowest BCUT2D eigenvalue weighted by molar-refractivity contribution is -0.113. The Morgan fingerprint density at radius 2 is 1.97 bits per heavy atom. The first-order valence-corrected chi connectivity index (χ1v) is 11.4. The van der Waals surface area contributed by atoms with Gasteiger partial charge >= 0.3 is 0 Å². The number of hydrogen-bond donors (Lipinski definition) is 3. The van der Waals surface area contributed by atoms with Crippen molar-refractivity contribution in [2.24, 2.45) is 5.14 Å². The van der Waals surface area contributed by atoms with Crippen molar-refractivity contribution in [3.8, 4) is 17.3 Å². The number of rotatable bonds is 6. The van der Waals surface area contributed by atoms with E-state index in [1.165, 1.54) is 18.2 Å². The molecule has 1 heterocycles. The molecule has 0 saturated carbocycles. The molecule has 0 unspecified atom stereocenters. The lowest BCUT2D eigenvalue weighted by Crippen LogP contribution is -2.18. The summed E-state index contributed by atoms with van der Waals surface area (Å²) in [7, 11) is -3.91. The van der Waals surface area contributed by atoms with E-state index >= 15 is 0 Å². The molecular formula is C20H17N5O4S2. The number of H-pyrrole nitrogens is 1. The van der Waals surface area contributed by atoms with Crippen LogP contribution in [0.5, 0.6) is 0 Å². The van der Waals surface area contributed by atoms with E-state index in [0.29, 0.717) is 16.8 Å². The largest absolute Gasteiger partial charge is 0.325 e. The number of nitriles is 1. The Morgan fingerprint density at radius 3 is 2.61 bits per heavy atom. The van der Waals surface area contributed by atoms with Gasteiger partial charge < -0.3 is 10.3 Å². The predicted molar refractivity (Wildman–Crippen MR) is 117 cm³/mol. The number of nitrogens with one attached hydrogen (secondary N) is 2. The maximum Gasteiger partial charge on any atom is 0.270 e. The number of benzene rings is 2. The Morgan fingerprint density at radius 1 is 1.26 bits per heavy atom. The average molecular weight is 456 g/mol. The van der Waals surface area contributed by atoms with Crippen LogP contribution in [0.15, 0.2) is 63.4 Å². The van der Waals surface area contributed by atoms with Gasteiger partial charge in [-0.25, -0.2) is 18.5 Å². The van der Waals surface area contributed by atoms with Gasteiger partial charge in [-0.1, -0.05) is 48.2 Å². The Labute approximate surface area is 182 Å². The Bertz CT molecular complexity index is 1350. The third-order valence-corrected chi connectivity index (χ3v) is 5.99. The van der Waals surface area contributed by atoms with Gasteiger partial charge in [-0.15, -0.1) is 0 Å². The van der Waals surface area contributed by atoms with E-state index in [1.807, 2.05) is 6.07 Å². The number of amides is 1. The molecule has 0 aliphatic heterocycles. The van der Waals surface area contributed by atoms with E-state index in [2.05, 4.69) is 15.3 Å². The van der Waals surface area contributed by atoms with Gasteiger partial charge in [0.2, 0.25) is 15.9 Å². The molecule has 31 heavy (non-hydrogen) atoms. The zero-order chi connectivity index (χ0) is 22.6. The van der Waals surface area contributed by atoms with E-state index < -0.39 is 21.5 Å². The van der Waals surface area contributed by atoms with Gasteiger partial charge in [0.1, 0.15) is 11.6 Å². The van der Waals surface area contributed by atoms with Crippen LogP contribution in [0.4, 0.5) is 5.69 Å². The lowest BCUT2D eigenvalue weighted by Gasteiger charge is -2.10. The number of anilines is 1. The van der Waals surface area contributed by atoms with Gasteiger partial charge in [0.05, 0.1) is 16.3 Å². The molecule has 3 rings (SSSR count). The third kappa shape index (κ3) is 5.37. The van der Waals surface area contributed by atoms with E-state index in [0.717, 1.165) is 11.8 Å². The van der Waals surface area contributed by atoms with E-state index in [9.17, 15) is 23.3 Å². The molecule has 2 aromatic carbocycles. The van der Waals surface area contributed by atoms with Crippen molar-refractivity contribution >= 4 is 33.4 Å². The summed E-state index contributed by atoms with van der Waals surface area (Å²) in [4.78, 5) is 31.4. The van der Waals surface area contributed by atoms with Crippen molar-refractivity contribution in [1.82, 2.24) is 9.97 Å². The molecule has 0 radical (unpaired) electrons. The van der Waals surface area contributed by atoms with Gasteiger partial charge in [0.25, 0.3) is 5.56 Å². The summed E-state index contributed by atoms with van der Waals surface area (Å²) in [6, 6.07) is 14.8. The summed E-state index contributed by atoms with van der Waals surface area (Å²) in [5.74, 6) is -0.546. The van der Waals surface area contributed by atoms with Gasteiger partial charge in [0, 0.05) is 11.3 Å². The Kier molecular flexibility index (Phi) is 6.55. The first-order valence-electron chi connectivity index (χ1n) is 8.85. The maximum absolute atomic E-state index is 12.4. The fourth-order valence-electron chi connectivity index (χ4n) is 2.66. The molecule has 0 spiro atoms. The fraction of sp³-hybridized carbons (Fsp3) is 0.100. The number of primary sulfonamides is 1. The van der Waals surface area contributed by atoms with Gasteiger partial charge in [0.15, 0.2) is 5.16 Å². The van der Waals surface area contributed by atoms with Crippen LogP contribution in [0.1, 0.15) is 11.1 Å². The number of carbonyl (C=O) groups excluding carboxylic acids is 1. The molecule has 0 bridgehead atoms. The highest BCUT2D eigenvalue weighted by Crippen LogP contribution is 2.23. The predicted octanol–water partition coefficient (Wildman–Crippen LogP) is 2.00. The number of aromatic amines is 1. The molecule has 158 valence electrons. The van der Waals surface area contributed by atoms with Crippen LogP contribution in [0.3, 0.4) is 0 Å². The number of aryl methyl sites for hydroxylation is 1. The van der Waals surface area contributed by atoms with E-state index in [-0.39, 0.29) is 27.1 Å². The fourth-order valence-corrected chi connectivity index (χ4v) is 3.86. The molecule has 0 aliphatic carbocycles. The number of hydrogen-bond acceptors (Lipinski definition) is 7. The molecule has 1 aromatic heterocycles. The quantitative estimate of drug-likeness (QED) is 0.378. The van der Waals surface area contributed by atoms with Crippen LogP contribution in [0.25, 0.3) is 11.3 Å². The van der Waals surface area contributed by atoms with Crippen molar-refractivity contribution in [3.05, 3.63) is 70.0 Å².